The summed E-state index contributed by atoms with van der Waals surface area (Å²) in [5, 5.41) is 7.24. The van der Waals surface area contributed by atoms with Gasteiger partial charge in [0.05, 0.1) is 44.8 Å². The van der Waals surface area contributed by atoms with Crippen molar-refractivity contribution in [1.29, 1.82) is 0 Å². The van der Waals surface area contributed by atoms with Crippen molar-refractivity contribution in [3.8, 4) is 23.0 Å². The minimum Gasteiger partial charge on any atom is -0.493 e. The molecule has 0 amide bonds. The van der Waals surface area contributed by atoms with Gasteiger partial charge in [-0.3, -0.25) is 4.79 Å². The van der Waals surface area contributed by atoms with Crippen LogP contribution in [0, 0.1) is 0 Å². The molecule has 39 heavy (non-hydrogen) atoms. The molecule has 0 saturated carbocycles. The highest BCUT2D eigenvalue weighted by Gasteiger charge is 2.36. The van der Waals surface area contributed by atoms with Gasteiger partial charge in [-0.2, -0.15) is 0 Å². The van der Waals surface area contributed by atoms with Crippen LogP contribution in [0.2, 0.25) is 0 Å². The van der Waals surface area contributed by atoms with Gasteiger partial charge >= 0.3 is 0 Å². The minimum absolute atomic E-state index is 0.0126. The lowest BCUT2D eigenvalue weighted by atomic mass is 9.78. The van der Waals surface area contributed by atoms with Crippen LogP contribution in [0.15, 0.2) is 71.9 Å². The predicted octanol–water partition coefficient (Wildman–Crippen LogP) is 6.87. The van der Waals surface area contributed by atoms with Crippen molar-refractivity contribution in [1.82, 2.24) is 0 Å². The molecule has 0 fully saturated rings. The van der Waals surface area contributed by atoms with Gasteiger partial charge in [-0.15, -0.1) is 0 Å². The van der Waals surface area contributed by atoms with E-state index in [0.717, 1.165) is 40.2 Å². The average Bonchev–Trinajstić information content (AvgIpc) is 3.13. The second-order valence-corrected chi connectivity index (χ2v) is 9.77. The van der Waals surface area contributed by atoms with Crippen molar-refractivity contribution >= 4 is 17.2 Å². The Morgan fingerprint density at radius 3 is 2.15 bits per heavy atom. The molecule has 1 heterocycles. The third-order valence-electron chi connectivity index (χ3n) is 7.25. The van der Waals surface area contributed by atoms with Crippen molar-refractivity contribution in [2.45, 2.75) is 45.1 Å². The maximum atomic E-state index is 13.9. The summed E-state index contributed by atoms with van der Waals surface area (Å²) in [6, 6.07) is 19.6. The van der Waals surface area contributed by atoms with Crippen molar-refractivity contribution < 1.29 is 23.7 Å². The Hall–Kier alpha value is -4.13. The van der Waals surface area contributed by atoms with Gasteiger partial charge in [0, 0.05) is 17.7 Å². The van der Waals surface area contributed by atoms with Gasteiger partial charge in [-0.1, -0.05) is 31.2 Å². The summed E-state index contributed by atoms with van der Waals surface area (Å²) in [4.78, 5) is 13.9. The number of hydrogen-bond acceptors (Lipinski definition) is 7. The van der Waals surface area contributed by atoms with Gasteiger partial charge in [-0.05, 0) is 73.2 Å². The molecule has 3 aromatic carbocycles. The lowest BCUT2D eigenvalue weighted by Crippen LogP contribution is -2.27. The Bertz CT molecular complexity index is 1380. The summed E-state index contributed by atoms with van der Waals surface area (Å²) in [5.74, 6) is 2.85. The molecule has 2 aliphatic rings. The van der Waals surface area contributed by atoms with Gasteiger partial charge in [0.2, 0.25) is 0 Å². The highest BCUT2D eigenvalue weighted by molar-refractivity contribution is 6.01. The van der Waals surface area contributed by atoms with Gasteiger partial charge in [0.1, 0.15) is 0 Å². The van der Waals surface area contributed by atoms with E-state index in [1.54, 1.807) is 14.2 Å². The van der Waals surface area contributed by atoms with Gasteiger partial charge in [0.15, 0.2) is 28.8 Å². The van der Waals surface area contributed by atoms with Crippen molar-refractivity contribution in [3.63, 3.8) is 0 Å². The topological polar surface area (TPSA) is 78.1 Å². The van der Waals surface area contributed by atoms with E-state index in [4.69, 9.17) is 18.9 Å². The normalized spacial score (nSPS) is 18.2. The number of ketones is 1. The summed E-state index contributed by atoms with van der Waals surface area (Å²) >= 11 is 0. The molecule has 3 aromatic rings. The van der Waals surface area contributed by atoms with Crippen LogP contribution in [0.3, 0.4) is 0 Å². The maximum Gasteiger partial charge on any atom is 0.163 e. The number of benzene rings is 3. The number of Topliss-reactive ketones (excluding diaryl/α,β-unsaturated/α-hetero) is 1. The van der Waals surface area contributed by atoms with Crippen molar-refractivity contribution in [3.05, 3.63) is 83.1 Å². The Labute approximate surface area is 230 Å². The first kappa shape index (κ1) is 26.5. The Kier molecular flexibility index (Phi) is 7.96. The molecule has 0 spiro atoms. The molecule has 2 atom stereocenters. The van der Waals surface area contributed by atoms with E-state index in [1.807, 2.05) is 67.6 Å². The number of hydrogen-bond donors (Lipinski definition) is 2. The van der Waals surface area contributed by atoms with Crippen molar-refractivity contribution in [2.24, 2.45) is 0 Å². The molecular formula is C32H36N2O5. The maximum absolute atomic E-state index is 13.9. The first-order valence-corrected chi connectivity index (χ1v) is 13.6. The minimum atomic E-state index is -0.339. The van der Waals surface area contributed by atoms with E-state index in [9.17, 15) is 4.79 Å². The zero-order valence-electron chi connectivity index (χ0n) is 23.0. The molecule has 0 radical (unpaired) electrons. The number of fused-ring (bicyclic) bond motifs is 1. The quantitative estimate of drug-likeness (QED) is 0.314. The summed E-state index contributed by atoms with van der Waals surface area (Å²) in [7, 11) is 3.28. The fraction of sp³-hybridized carbons (Fsp3) is 0.344. The summed E-state index contributed by atoms with van der Waals surface area (Å²) < 4.78 is 22.8. The molecule has 204 valence electrons. The number of allylic oxidation sites excluding steroid dienone is 1. The molecular weight excluding hydrogens is 492 g/mol. The zero-order valence-corrected chi connectivity index (χ0v) is 23.0. The van der Waals surface area contributed by atoms with Gasteiger partial charge in [0.25, 0.3) is 0 Å². The predicted molar refractivity (Wildman–Crippen MR) is 153 cm³/mol. The average molecular weight is 529 g/mol. The molecule has 0 saturated heterocycles. The molecule has 2 N–H and O–H groups in total. The smallest absolute Gasteiger partial charge is 0.163 e. The Morgan fingerprint density at radius 2 is 1.46 bits per heavy atom. The van der Waals surface area contributed by atoms with Crippen LogP contribution < -0.4 is 29.6 Å². The number of ether oxygens (including phenoxy) is 4. The van der Waals surface area contributed by atoms with Crippen LogP contribution in [-0.4, -0.2) is 33.2 Å². The standard InChI is InChI=1S/C32H36N2O5/c1-5-15-39-28-14-12-21(19-30(28)37-4)32-31-25(33-23-9-7-8-10-24(23)34-32)16-22(17-26(31)35)20-11-13-27(38-6-2)29(18-20)36-3/h7-14,18-19,22,32-34H,5-6,15-17H2,1-4H3. The van der Waals surface area contributed by atoms with E-state index < -0.39 is 0 Å². The van der Waals surface area contributed by atoms with E-state index in [-0.39, 0.29) is 17.7 Å². The summed E-state index contributed by atoms with van der Waals surface area (Å²) in [6.07, 6.45) is 2.00. The molecule has 1 aliphatic carbocycles. The van der Waals surface area contributed by atoms with Gasteiger partial charge < -0.3 is 29.6 Å². The number of para-hydroxylation sites is 2. The van der Waals surface area contributed by atoms with Crippen LogP contribution in [0.25, 0.3) is 0 Å². The van der Waals surface area contributed by atoms with Crippen LogP contribution in [0.5, 0.6) is 23.0 Å². The number of nitrogens with one attached hydrogen (secondary N) is 2. The molecule has 7 nitrogen and oxygen atoms in total. The fourth-order valence-corrected chi connectivity index (χ4v) is 5.39. The third-order valence-corrected chi connectivity index (χ3v) is 7.25. The number of carbonyl (C=O) groups is 1. The highest BCUT2D eigenvalue weighted by Crippen LogP contribution is 2.46. The first-order chi connectivity index (χ1) is 19.1. The number of rotatable bonds is 9. The van der Waals surface area contributed by atoms with Crippen LogP contribution >= 0.6 is 0 Å². The number of methoxy groups -OCH3 is 2. The van der Waals surface area contributed by atoms with Crippen LogP contribution in [-0.2, 0) is 4.79 Å². The molecule has 0 aromatic heterocycles. The molecule has 1 aliphatic heterocycles. The lowest BCUT2D eigenvalue weighted by Gasteiger charge is -2.30. The Morgan fingerprint density at radius 1 is 0.795 bits per heavy atom. The second-order valence-electron chi connectivity index (χ2n) is 9.77. The zero-order chi connectivity index (χ0) is 27.4. The summed E-state index contributed by atoms with van der Waals surface area (Å²) in [6.45, 7) is 5.19. The van der Waals surface area contributed by atoms with E-state index in [2.05, 4.69) is 17.6 Å². The molecule has 7 heteroatoms. The SMILES string of the molecule is CCCOc1ccc(C2Nc3ccccc3NC3=C2C(=O)CC(c2ccc(OCC)c(OC)c2)C3)cc1OC. The van der Waals surface area contributed by atoms with Crippen molar-refractivity contribution in [2.75, 3.05) is 38.1 Å². The monoisotopic (exact) mass is 528 g/mol. The molecule has 2 unspecified atom stereocenters. The highest BCUT2D eigenvalue weighted by atomic mass is 16.5. The fourth-order valence-electron chi connectivity index (χ4n) is 5.39. The molecule has 5 rings (SSSR count). The van der Waals surface area contributed by atoms with Gasteiger partial charge in [-0.25, -0.2) is 0 Å². The summed E-state index contributed by atoms with van der Waals surface area (Å²) in [5.41, 5.74) is 5.56. The third kappa shape index (κ3) is 5.39. The molecule has 0 bridgehead atoms. The second kappa shape index (κ2) is 11.7. The van der Waals surface area contributed by atoms with E-state index >= 15 is 0 Å². The van der Waals surface area contributed by atoms with E-state index in [1.165, 1.54) is 0 Å². The van der Waals surface area contributed by atoms with Crippen LogP contribution in [0.1, 0.15) is 56.2 Å². The lowest BCUT2D eigenvalue weighted by molar-refractivity contribution is -0.116. The number of carbonyl (C=O) groups excluding carboxylic acids is 1. The van der Waals surface area contributed by atoms with E-state index in [0.29, 0.717) is 49.1 Å². The number of anilines is 2. The van der Waals surface area contributed by atoms with Crippen LogP contribution in [0.4, 0.5) is 11.4 Å². The largest absolute Gasteiger partial charge is 0.493 e. The first-order valence-electron chi connectivity index (χ1n) is 13.6. The Balaban J connectivity index is 1.55.